The van der Waals surface area contributed by atoms with Crippen LogP contribution in [0, 0.1) is 21.7 Å². The van der Waals surface area contributed by atoms with Crippen molar-refractivity contribution >= 4 is 33.2 Å². The quantitative estimate of drug-likeness (QED) is 0.669. The number of amides is 1. The second-order valence-corrected chi connectivity index (χ2v) is 4.86. The van der Waals surface area contributed by atoms with Crippen molar-refractivity contribution in [3.63, 3.8) is 0 Å². The largest absolute Gasteiger partial charge is 0.319 e. The molecule has 0 bridgehead atoms. The molecule has 2 aromatic carbocycles. The van der Waals surface area contributed by atoms with Crippen LogP contribution in [-0.2, 0) is 0 Å². The maximum atomic E-state index is 13.4. The summed E-state index contributed by atoms with van der Waals surface area (Å²) < 4.78 is 26.6. The van der Waals surface area contributed by atoms with Gasteiger partial charge in [0.05, 0.1) is 15.1 Å². The van der Waals surface area contributed by atoms with Crippen LogP contribution in [0.25, 0.3) is 0 Å². The minimum absolute atomic E-state index is 0.0476. The fraction of sp³-hybridized carbons (Fsp3) is 0. The first-order valence-corrected chi connectivity index (χ1v) is 6.38. The molecule has 0 saturated heterocycles. The van der Waals surface area contributed by atoms with Crippen molar-refractivity contribution < 1.29 is 18.5 Å². The lowest BCUT2D eigenvalue weighted by Crippen LogP contribution is -2.13. The lowest BCUT2D eigenvalue weighted by atomic mass is 10.2. The number of carbonyl (C=O) groups excluding carboxylic acids is 1. The Kier molecular flexibility index (Phi) is 4.27. The number of nitro groups is 1. The fourth-order valence-corrected chi connectivity index (χ4v) is 1.97. The first-order valence-electron chi connectivity index (χ1n) is 5.59. The van der Waals surface area contributed by atoms with E-state index in [0.29, 0.717) is 0 Å². The van der Waals surface area contributed by atoms with Crippen molar-refractivity contribution in [3.05, 3.63) is 68.2 Å². The Labute approximate surface area is 125 Å². The lowest BCUT2D eigenvalue weighted by molar-refractivity contribution is -0.385. The molecule has 0 saturated carbocycles. The minimum Gasteiger partial charge on any atom is -0.319 e. The Bertz CT molecular complexity index is 737. The van der Waals surface area contributed by atoms with Gasteiger partial charge in [-0.15, -0.1) is 0 Å². The van der Waals surface area contributed by atoms with E-state index in [1.165, 1.54) is 12.1 Å². The monoisotopic (exact) mass is 356 g/mol. The molecular weight excluding hydrogens is 350 g/mol. The van der Waals surface area contributed by atoms with Gasteiger partial charge in [0, 0.05) is 17.7 Å². The number of carbonyl (C=O) groups is 1. The van der Waals surface area contributed by atoms with E-state index in [1.54, 1.807) is 0 Å². The third-order valence-electron chi connectivity index (χ3n) is 2.58. The van der Waals surface area contributed by atoms with Gasteiger partial charge < -0.3 is 5.32 Å². The summed E-state index contributed by atoms with van der Waals surface area (Å²) in [6.45, 7) is 0. The number of anilines is 1. The topological polar surface area (TPSA) is 72.2 Å². The Morgan fingerprint density at radius 2 is 1.90 bits per heavy atom. The van der Waals surface area contributed by atoms with Gasteiger partial charge in [0.2, 0.25) is 0 Å². The van der Waals surface area contributed by atoms with Gasteiger partial charge in [-0.3, -0.25) is 14.9 Å². The van der Waals surface area contributed by atoms with Crippen LogP contribution in [0.5, 0.6) is 0 Å². The van der Waals surface area contributed by atoms with Gasteiger partial charge in [-0.1, -0.05) is 0 Å². The lowest BCUT2D eigenvalue weighted by Gasteiger charge is -2.07. The highest BCUT2D eigenvalue weighted by Gasteiger charge is 2.17. The Hall–Kier alpha value is -2.35. The van der Waals surface area contributed by atoms with Gasteiger partial charge in [0.1, 0.15) is 11.6 Å². The Morgan fingerprint density at radius 3 is 2.57 bits per heavy atom. The summed E-state index contributed by atoms with van der Waals surface area (Å²) in [7, 11) is 0. The number of benzene rings is 2. The molecule has 1 N–H and O–H groups in total. The number of nitrogens with zero attached hydrogens (tertiary/aromatic N) is 1. The molecule has 21 heavy (non-hydrogen) atoms. The van der Waals surface area contributed by atoms with Gasteiger partial charge in [0.25, 0.3) is 11.6 Å². The normalized spacial score (nSPS) is 10.2. The molecule has 5 nitrogen and oxygen atoms in total. The summed E-state index contributed by atoms with van der Waals surface area (Å²) >= 11 is 2.99. The summed E-state index contributed by atoms with van der Waals surface area (Å²) in [5.74, 6) is -2.31. The van der Waals surface area contributed by atoms with Crippen molar-refractivity contribution in [3.8, 4) is 0 Å². The Balaban J connectivity index is 2.30. The molecule has 0 aromatic heterocycles. The summed E-state index contributed by atoms with van der Waals surface area (Å²) in [6.07, 6.45) is 0. The van der Waals surface area contributed by atoms with Gasteiger partial charge in [-0.05, 0) is 40.2 Å². The molecule has 0 atom stereocenters. The smallest absolute Gasteiger partial charge is 0.284 e. The SMILES string of the molecule is O=C(Nc1cc(F)ccc1F)c1ccc(Br)c([N+](=O)[O-])c1. The summed E-state index contributed by atoms with van der Waals surface area (Å²) in [5, 5.41) is 12.9. The molecule has 0 spiro atoms. The highest BCUT2D eigenvalue weighted by molar-refractivity contribution is 9.10. The molecule has 0 aliphatic heterocycles. The van der Waals surface area contributed by atoms with Gasteiger partial charge in [0.15, 0.2) is 0 Å². The van der Waals surface area contributed by atoms with E-state index in [-0.39, 0.29) is 21.4 Å². The van der Waals surface area contributed by atoms with E-state index >= 15 is 0 Å². The summed E-state index contributed by atoms with van der Waals surface area (Å²) in [6, 6.07) is 6.29. The first kappa shape index (κ1) is 15.0. The van der Waals surface area contributed by atoms with Crippen LogP contribution in [0.15, 0.2) is 40.9 Å². The van der Waals surface area contributed by atoms with Crippen LogP contribution in [-0.4, -0.2) is 10.8 Å². The van der Waals surface area contributed by atoms with Crippen LogP contribution in [0.4, 0.5) is 20.2 Å². The third kappa shape index (κ3) is 3.40. The van der Waals surface area contributed by atoms with Gasteiger partial charge in [-0.25, -0.2) is 8.78 Å². The van der Waals surface area contributed by atoms with E-state index in [9.17, 15) is 23.7 Å². The molecule has 1 amide bonds. The number of rotatable bonds is 3. The van der Waals surface area contributed by atoms with Crippen molar-refractivity contribution in [1.29, 1.82) is 0 Å². The Morgan fingerprint density at radius 1 is 1.19 bits per heavy atom. The molecule has 0 fully saturated rings. The maximum absolute atomic E-state index is 13.4. The second-order valence-electron chi connectivity index (χ2n) is 4.00. The zero-order valence-electron chi connectivity index (χ0n) is 10.3. The molecule has 8 heteroatoms. The first-order chi connectivity index (χ1) is 9.88. The van der Waals surface area contributed by atoms with Crippen LogP contribution in [0.1, 0.15) is 10.4 Å². The van der Waals surface area contributed by atoms with Crippen LogP contribution >= 0.6 is 15.9 Å². The number of halogens is 3. The minimum atomic E-state index is -0.809. The van der Waals surface area contributed by atoms with Gasteiger partial charge >= 0.3 is 0 Å². The van der Waals surface area contributed by atoms with Crippen molar-refractivity contribution in [2.45, 2.75) is 0 Å². The molecule has 0 radical (unpaired) electrons. The van der Waals surface area contributed by atoms with Crippen molar-refractivity contribution in [2.24, 2.45) is 0 Å². The zero-order valence-corrected chi connectivity index (χ0v) is 11.9. The van der Waals surface area contributed by atoms with Gasteiger partial charge in [-0.2, -0.15) is 0 Å². The molecule has 2 aromatic rings. The number of hydrogen-bond donors (Lipinski definition) is 1. The van der Waals surface area contributed by atoms with E-state index in [2.05, 4.69) is 21.2 Å². The molecular formula is C13H7BrF2N2O3. The number of nitro benzene ring substituents is 1. The van der Waals surface area contributed by atoms with E-state index in [0.717, 1.165) is 24.3 Å². The van der Waals surface area contributed by atoms with Crippen molar-refractivity contribution in [1.82, 2.24) is 0 Å². The highest BCUT2D eigenvalue weighted by atomic mass is 79.9. The van der Waals surface area contributed by atoms with E-state index < -0.39 is 22.5 Å². The summed E-state index contributed by atoms with van der Waals surface area (Å²) in [5.41, 5.74) is -0.693. The number of nitrogens with one attached hydrogen (secondary N) is 1. The predicted molar refractivity (Wildman–Crippen MR) is 75.1 cm³/mol. The summed E-state index contributed by atoms with van der Waals surface area (Å²) in [4.78, 5) is 22.1. The molecule has 108 valence electrons. The molecule has 0 aliphatic rings. The molecule has 0 aliphatic carbocycles. The second kappa shape index (κ2) is 5.96. The predicted octanol–water partition coefficient (Wildman–Crippen LogP) is 3.89. The standard InChI is InChI=1S/C13H7BrF2N2O3/c14-9-3-1-7(5-12(9)18(20)21)13(19)17-11-6-8(15)2-4-10(11)16/h1-6H,(H,17,19). The average Bonchev–Trinajstić information content (AvgIpc) is 2.43. The van der Waals surface area contributed by atoms with E-state index in [1.807, 2.05) is 0 Å². The number of hydrogen-bond acceptors (Lipinski definition) is 3. The van der Waals surface area contributed by atoms with E-state index in [4.69, 9.17) is 0 Å². The van der Waals surface area contributed by atoms with Crippen LogP contribution in [0.3, 0.4) is 0 Å². The van der Waals surface area contributed by atoms with Crippen LogP contribution < -0.4 is 5.32 Å². The molecule has 0 heterocycles. The highest BCUT2D eigenvalue weighted by Crippen LogP contribution is 2.26. The average molecular weight is 357 g/mol. The zero-order chi connectivity index (χ0) is 15.6. The van der Waals surface area contributed by atoms with Crippen LogP contribution in [0.2, 0.25) is 0 Å². The molecule has 2 rings (SSSR count). The fourth-order valence-electron chi connectivity index (χ4n) is 1.58. The maximum Gasteiger partial charge on any atom is 0.284 e. The third-order valence-corrected chi connectivity index (χ3v) is 3.25. The molecule has 0 unspecified atom stereocenters. The van der Waals surface area contributed by atoms with Crippen molar-refractivity contribution in [2.75, 3.05) is 5.32 Å².